The average molecular weight is 354 g/mol. The number of benzene rings is 1. The summed E-state index contributed by atoms with van der Waals surface area (Å²) in [4.78, 5) is 36.3. The lowest BCUT2D eigenvalue weighted by atomic mass is 9.88. The largest absolute Gasteiger partial charge is 0.345 e. The van der Waals surface area contributed by atoms with Crippen LogP contribution in [0.4, 0.5) is 4.39 Å². The first-order valence-corrected chi connectivity index (χ1v) is 8.72. The van der Waals surface area contributed by atoms with E-state index in [4.69, 9.17) is 11.6 Å². The number of alkyl halides is 1. The van der Waals surface area contributed by atoms with E-state index in [0.717, 1.165) is 32.1 Å². The molecule has 1 atom stereocenters. The lowest BCUT2D eigenvalue weighted by Gasteiger charge is -2.24. The molecule has 0 saturated heterocycles. The molecule has 0 radical (unpaired) electrons. The molecule has 1 N–H and O–H groups in total. The molecule has 1 aliphatic carbocycles. The first kappa shape index (κ1) is 18.6. The highest BCUT2D eigenvalue weighted by molar-refractivity contribution is 6.48. The molecule has 1 aliphatic rings. The SMILES string of the molecule is O=C(CCl)C(=O)[C@H](Cc1ccc(F)cc1)NC(=O)C1CCCCC1. The van der Waals surface area contributed by atoms with E-state index in [2.05, 4.69) is 5.32 Å². The molecule has 24 heavy (non-hydrogen) atoms. The first-order chi connectivity index (χ1) is 11.5. The highest BCUT2D eigenvalue weighted by Crippen LogP contribution is 2.24. The number of carbonyl (C=O) groups is 3. The van der Waals surface area contributed by atoms with Crippen LogP contribution in [0.15, 0.2) is 24.3 Å². The Morgan fingerprint density at radius 1 is 1.12 bits per heavy atom. The van der Waals surface area contributed by atoms with Gasteiger partial charge in [-0.05, 0) is 30.5 Å². The normalized spacial score (nSPS) is 16.4. The number of hydrogen-bond acceptors (Lipinski definition) is 3. The van der Waals surface area contributed by atoms with Crippen LogP contribution in [0.3, 0.4) is 0 Å². The maximum atomic E-state index is 13.0. The Kier molecular flexibility index (Phi) is 6.91. The Balaban J connectivity index is 2.09. The summed E-state index contributed by atoms with van der Waals surface area (Å²) in [5, 5.41) is 2.70. The van der Waals surface area contributed by atoms with Gasteiger partial charge in [0.25, 0.3) is 0 Å². The summed E-state index contributed by atoms with van der Waals surface area (Å²) in [7, 11) is 0. The lowest BCUT2D eigenvalue weighted by Crippen LogP contribution is -2.48. The van der Waals surface area contributed by atoms with Crippen molar-refractivity contribution in [3.8, 4) is 0 Å². The first-order valence-electron chi connectivity index (χ1n) is 8.19. The fraction of sp³-hybridized carbons (Fsp3) is 0.500. The zero-order valence-corrected chi connectivity index (χ0v) is 14.2. The molecule has 1 fully saturated rings. The Morgan fingerprint density at radius 2 is 1.75 bits per heavy atom. The molecule has 0 spiro atoms. The minimum Gasteiger partial charge on any atom is -0.345 e. The number of Topliss-reactive ketones (excluding diaryl/α,β-unsaturated/α-hetero) is 2. The van der Waals surface area contributed by atoms with Crippen LogP contribution in [0.5, 0.6) is 0 Å². The quantitative estimate of drug-likeness (QED) is 0.605. The van der Waals surface area contributed by atoms with Crippen molar-refractivity contribution in [3.63, 3.8) is 0 Å². The van der Waals surface area contributed by atoms with Crippen LogP contribution in [0.25, 0.3) is 0 Å². The van der Waals surface area contributed by atoms with Gasteiger partial charge in [0.05, 0.1) is 11.9 Å². The molecule has 0 bridgehead atoms. The summed E-state index contributed by atoms with van der Waals surface area (Å²) in [5.41, 5.74) is 0.668. The summed E-state index contributed by atoms with van der Waals surface area (Å²) < 4.78 is 13.0. The molecule has 1 aromatic rings. The maximum Gasteiger partial charge on any atom is 0.223 e. The Hall–Kier alpha value is -1.75. The Labute approximate surface area is 145 Å². The summed E-state index contributed by atoms with van der Waals surface area (Å²) in [6.45, 7) is 0. The number of nitrogens with one attached hydrogen (secondary N) is 1. The summed E-state index contributed by atoms with van der Waals surface area (Å²) in [6.07, 6.45) is 4.84. The second-order valence-corrected chi connectivity index (χ2v) is 6.42. The van der Waals surface area contributed by atoms with Gasteiger partial charge in [-0.25, -0.2) is 4.39 Å². The van der Waals surface area contributed by atoms with Crippen molar-refractivity contribution < 1.29 is 18.8 Å². The monoisotopic (exact) mass is 353 g/mol. The molecule has 4 nitrogen and oxygen atoms in total. The van der Waals surface area contributed by atoms with Crippen molar-refractivity contribution in [1.29, 1.82) is 0 Å². The number of halogens is 2. The highest BCUT2D eigenvalue weighted by Gasteiger charge is 2.29. The van der Waals surface area contributed by atoms with Gasteiger partial charge in [-0.1, -0.05) is 31.4 Å². The molecule has 2 rings (SSSR count). The van der Waals surface area contributed by atoms with Gasteiger partial charge in [-0.15, -0.1) is 11.6 Å². The third-order valence-corrected chi connectivity index (χ3v) is 4.60. The van der Waals surface area contributed by atoms with Gasteiger partial charge >= 0.3 is 0 Å². The molecule has 1 amide bonds. The minimum atomic E-state index is -0.962. The van der Waals surface area contributed by atoms with Gasteiger partial charge in [0.15, 0.2) is 0 Å². The average Bonchev–Trinajstić information content (AvgIpc) is 2.62. The smallest absolute Gasteiger partial charge is 0.223 e. The topological polar surface area (TPSA) is 63.2 Å². The molecule has 0 aliphatic heterocycles. The van der Waals surface area contributed by atoms with Crippen molar-refractivity contribution in [1.82, 2.24) is 5.32 Å². The molecule has 0 heterocycles. The van der Waals surface area contributed by atoms with Gasteiger partial charge in [0.1, 0.15) is 5.82 Å². The van der Waals surface area contributed by atoms with Crippen LogP contribution >= 0.6 is 11.6 Å². The van der Waals surface area contributed by atoms with Crippen LogP contribution in [-0.4, -0.2) is 29.4 Å². The number of amides is 1. The van der Waals surface area contributed by atoms with Gasteiger partial charge in [0, 0.05) is 12.3 Å². The molecule has 130 valence electrons. The molecule has 1 saturated carbocycles. The summed E-state index contributed by atoms with van der Waals surface area (Å²) >= 11 is 5.47. The standard InChI is InChI=1S/C18H21ClFNO3/c19-11-16(22)17(23)15(10-12-6-8-14(20)9-7-12)21-18(24)13-4-2-1-3-5-13/h6-9,13,15H,1-5,10-11H2,(H,21,24)/t15-/m0/s1. The van der Waals surface area contributed by atoms with Crippen molar-refractivity contribution in [2.75, 3.05) is 5.88 Å². The molecular formula is C18H21ClFNO3. The number of carbonyl (C=O) groups excluding carboxylic acids is 3. The highest BCUT2D eigenvalue weighted by atomic mass is 35.5. The van der Waals surface area contributed by atoms with Crippen LogP contribution < -0.4 is 5.32 Å². The zero-order valence-electron chi connectivity index (χ0n) is 13.4. The lowest BCUT2D eigenvalue weighted by molar-refractivity contribution is -0.138. The minimum absolute atomic E-state index is 0.117. The summed E-state index contributed by atoms with van der Waals surface area (Å²) in [5.74, 6) is -2.56. The predicted octanol–water partition coefficient (Wildman–Crippen LogP) is 2.81. The Bertz CT molecular complexity index is 597. The third kappa shape index (κ3) is 5.13. The van der Waals surface area contributed by atoms with E-state index >= 15 is 0 Å². The third-order valence-electron chi connectivity index (χ3n) is 4.36. The number of ketones is 2. The van der Waals surface area contributed by atoms with E-state index in [1.807, 2.05) is 0 Å². The summed E-state index contributed by atoms with van der Waals surface area (Å²) in [6, 6.07) is 4.67. The maximum absolute atomic E-state index is 13.0. The fourth-order valence-corrected chi connectivity index (χ4v) is 3.11. The van der Waals surface area contributed by atoms with E-state index in [-0.39, 0.29) is 24.1 Å². The van der Waals surface area contributed by atoms with Crippen molar-refractivity contribution in [2.24, 2.45) is 5.92 Å². The van der Waals surface area contributed by atoms with Gasteiger partial charge in [0.2, 0.25) is 17.5 Å². The number of rotatable bonds is 7. The van der Waals surface area contributed by atoms with E-state index in [0.29, 0.717) is 5.56 Å². The van der Waals surface area contributed by atoms with E-state index in [1.54, 1.807) is 0 Å². The van der Waals surface area contributed by atoms with Gasteiger partial charge in [-0.2, -0.15) is 0 Å². The van der Waals surface area contributed by atoms with Crippen molar-refractivity contribution in [2.45, 2.75) is 44.6 Å². The van der Waals surface area contributed by atoms with Crippen LogP contribution in [0.1, 0.15) is 37.7 Å². The van der Waals surface area contributed by atoms with Gasteiger partial charge < -0.3 is 5.32 Å². The van der Waals surface area contributed by atoms with Crippen molar-refractivity contribution >= 4 is 29.1 Å². The second kappa shape index (κ2) is 8.92. The number of hydrogen-bond donors (Lipinski definition) is 1. The van der Waals surface area contributed by atoms with Crippen molar-refractivity contribution in [3.05, 3.63) is 35.6 Å². The Morgan fingerprint density at radius 3 is 2.33 bits per heavy atom. The van der Waals surface area contributed by atoms with Crippen LogP contribution in [-0.2, 0) is 20.8 Å². The van der Waals surface area contributed by atoms with E-state index in [9.17, 15) is 18.8 Å². The van der Waals surface area contributed by atoms with Gasteiger partial charge in [-0.3, -0.25) is 14.4 Å². The molecule has 0 unspecified atom stereocenters. The molecule has 1 aromatic carbocycles. The van der Waals surface area contributed by atoms with Crippen LogP contribution in [0.2, 0.25) is 0 Å². The van der Waals surface area contributed by atoms with E-state index < -0.39 is 23.5 Å². The zero-order chi connectivity index (χ0) is 17.5. The predicted molar refractivity (Wildman–Crippen MR) is 89.3 cm³/mol. The second-order valence-electron chi connectivity index (χ2n) is 6.15. The molecular weight excluding hydrogens is 333 g/mol. The fourth-order valence-electron chi connectivity index (χ4n) is 2.98. The van der Waals surface area contributed by atoms with Crippen LogP contribution in [0, 0.1) is 11.7 Å². The molecule has 6 heteroatoms. The van der Waals surface area contributed by atoms with E-state index in [1.165, 1.54) is 24.3 Å². The molecule has 0 aromatic heterocycles.